The molecule has 1 aliphatic rings. The van der Waals surface area contributed by atoms with Gasteiger partial charge in [0.2, 0.25) is 0 Å². The molecule has 1 N–H and O–H groups in total. The Morgan fingerprint density at radius 1 is 1.40 bits per heavy atom. The fourth-order valence-corrected chi connectivity index (χ4v) is 1.55. The van der Waals surface area contributed by atoms with Crippen LogP contribution in [0, 0.1) is 0 Å². The minimum Gasteiger partial charge on any atom is -0.396 e. The molecule has 1 atom stereocenters. The minimum absolute atomic E-state index is 0.331. The van der Waals surface area contributed by atoms with Crippen molar-refractivity contribution in [3.63, 3.8) is 0 Å². The molecule has 1 fully saturated rings. The lowest BCUT2D eigenvalue weighted by Gasteiger charge is -2.22. The molecule has 10 heavy (non-hydrogen) atoms. The molecule has 1 heterocycles. The van der Waals surface area contributed by atoms with Gasteiger partial charge in [0, 0.05) is 12.6 Å². The summed E-state index contributed by atoms with van der Waals surface area (Å²) >= 11 is 0. The van der Waals surface area contributed by atoms with Crippen molar-refractivity contribution in [2.75, 3.05) is 19.7 Å². The van der Waals surface area contributed by atoms with Crippen LogP contribution in [0.2, 0.25) is 0 Å². The summed E-state index contributed by atoms with van der Waals surface area (Å²) in [7, 11) is 0. The fourth-order valence-electron chi connectivity index (χ4n) is 1.55. The summed E-state index contributed by atoms with van der Waals surface area (Å²) in [5, 5.41) is 8.67. The Bertz CT molecular complexity index is 89.3. The van der Waals surface area contributed by atoms with Crippen molar-refractivity contribution < 1.29 is 5.11 Å². The summed E-state index contributed by atoms with van der Waals surface area (Å²) in [5.41, 5.74) is 0. The zero-order valence-corrected chi connectivity index (χ0v) is 6.71. The van der Waals surface area contributed by atoms with E-state index in [0.29, 0.717) is 12.6 Å². The molecule has 1 saturated heterocycles. The lowest BCUT2D eigenvalue weighted by Crippen LogP contribution is -2.30. The molecule has 2 heteroatoms. The molecule has 0 amide bonds. The fraction of sp³-hybridized carbons (Fsp3) is 1.00. The number of rotatable bonds is 3. The van der Waals surface area contributed by atoms with E-state index in [1.165, 1.54) is 25.9 Å². The monoisotopic (exact) mass is 143 g/mol. The van der Waals surface area contributed by atoms with Gasteiger partial charge >= 0.3 is 0 Å². The molecule has 0 aromatic heterocycles. The van der Waals surface area contributed by atoms with Gasteiger partial charge < -0.3 is 10.0 Å². The van der Waals surface area contributed by atoms with Crippen LogP contribution in [0.5, 0.6) is 0 Å². The van der Waals surface area contributed by atoms with E-state index in [4.69, 9.17) is 5.11 Å². The van der Waals surface area contributed by atoms with Gasteiger partial charge in [-0.15, -0.1) is 0 Å². The van der Waals surface area contributed by atoms with Gasteiger partial charge in [-0.1, -0.05) is 0 Å². The number of hydrogen-bond donors (Lipinski definition) is 1. The van der Waals surface area contributed by atoms with Crippen LogP contribution in [-0.4, -0.2) is 35.7 Å². The zero-order chi connectivity index (χ0) is 7.40. The van der Waals surface area contributed by atoms with Gasteiger partial charge in [0.25, 0.3) is 0 Å². The number of aliphatic hydroxyl groups is 1. The zero-order valence-electron chi connectivity index (χ0n) is 6.71. The topological polar surface area (TPSA) is 23.5 Å². The van der Waals surface area contributed by atoms with Crippen molar-refractivity contribution in [2.24, 2.45) is 0 Å². The molecular formula is C8H17NO. The van der Waals surface area contributed by atoms with Gasteiger partial charge in [-0.3, -0.25) is 0 Å². The third kappa shape index (κ3) is 1.96. The maximum atomic E-state index is 8.67. The maximum absolute atomic E-state index is 8.67. The molecule has 60 valence electrons. The normalized spacial score (nSPS) is 23.4. The molecule has 0 saturated carbocycles. The smallest absolute Gasteiger partial charge is 0.0445 e. The molecular weight excluding hydrogens is 126 g/mol. The first-order valence-electron chi connectivity index (χ1n) is 4.19. The van der Waals surface area contributed by atoms with Crippen LogP contribution in [0.15, 0.2) is 0 Å². The van der Waals surface area contributed by atoms with Gasteiger partial charge in [-0.2, -0.15) is 0 Å². The van der Waals surface area contributed by atoms with Crippen LogP contribution in [-0.2, 0) is 0 Å². The number of aliphatic hydroxyl groups excluding tert-OH is 1. The Kier molecular flexibility index (Phi) is 3.16. The summed E-state index contributed by atoms with van der Waals surface area (Å²) in [6.07, 6.45) is 3.62. The highest BCUT2D eigenvalue weighted by Crippen LogP contribution is 2.12. The molecule has 0 radical (unpaired) electrons. The van der Waals surface area contributed by atoms with Crippen molar-refractivity contribution in [1.29, 1.82) is 0 Å². The molecule has 0 aromatic rings. The van der Waals surface area contributed by atoms with Crippen LogP contribution in [0.4, 0.5) is 0 Å². The van der Waals surface area contributed by atoms with Crippen molar-refractivity contribution in [2.45, 2.75) is 32.2 Å². The number of hydrogen-bond acceptors (Lipinski definition) is 2. The van der Waals surface area contributed by atoms with Crippen LogP contribution in [0.25, 0.3) is 0 Å². The second-order valence-electron chi connectivity index (χ2n) is 3.10. The van der Waals surface area contributed by atoms with E-state index in [1.807, 2.05) is 0 Å². The Morgan fingerprint density at radius 3 is 2.50 bits per heavy atom. The highest BCUT2D eigenvalue weighted by molar-refractivity contribution is 4.72. The van der Waals surface area contributed by atoms with E-state index in [0.717, 1.165) is 6.42 Å². The molecule has 0 aliphatic carbocycles. The maximum Gasteiger partial charge on any atom is 0.0445 e. The second-order valence-corrected chi connectivity index (χ2v) is 3.10. The Morgan fingerprint density at radius 2 is 2.00 bits per heavy atom. The largest absolute Gasteiger partial charge is 0.396 e. The van der Waals surface area contributed by atoms with Crippen LogP contribution in [0.3, 0.4) is 0 Å². The first kappa shape index (κ1) is 8.02. The van der Waals surface area contributed by atoms with E-state index in [1.54, 1.807) is 0 Å². The number of nitrogens with zero attached hydrogens (tertiary/aromatic N) is 1. The standard InChI is InChI=1S/C8H17NO/c1-8(4-7-10)9-5-2-3-6-9/h8,10H,2-7H2,1H3/t8-/m1/s1. The lowest BCUT2D eigenvalue weighted by molar-refractivity contribution is 0.196. The summed E-state index contributed by atoms with van der Waals surface area (Å²) < 4.78 is 0. The molecule has 0 spiro atoms. The van der Waals surface area contributed by atoms with E-state index < -0.39 is 0 Å². The summed E-state index contributed by atoms with van der Waals surface area (Å²) in [6, 6.07) is 0.590. The van der Waals surface area contributed by atoms with E-state index >= 15 is 0 Å². The summed E-state index contributed by atoms with van der Waals surface area (Å²) in [6.45, 7) is 5.00. The molecule has 0 bridgehead atoms. The van der Waals surface area contributed by atoms with Crippen LogP contribution < -0.4 is 0 Å². The quantitative estimate of drug-likeness (QED) is 0.633. The van der Waals surface area contributed by atoms with Gasteiger partial charge in [0.15, 0.2) is 0 Å². The van der Waals surface area contributed by atoms with Crippen molar-refractivity contribution in [1.82, 2.24) is 4.90 Å². The average Bonchev–Trinajstić information content (AvgIpc) is 2.38. The average molecular weight is 143 g/mol. The Balaban J connectivity index is 2.18. The van der Waals surface area contributed by atoms with Crippen LogP contribution >= 0.6 is 0 Å². The predicted molar refractivity (Wildman–Crippen MR) is 42.0 cm³/mol. The lowest BCUT2D eigenvalue weighted by atomic mass is 10.2. The molecule has 1 rings (SSSR count). The summed E-state index contributed by atoms with van der Waals surface area (Å²) in [4.78, 5) is 2.45. The predicted octanol–water partition coefficient (Wildman–Crippen LogP) is 0.853. The third-order valence-corrected chi connectivity index (χ3v) is 2.31. The van der Waals surface area contributed by atoms with Crippen molar-refractivity contribution >= 4 is 0 Å². The summed E-state index contributed by atoms with van der Waals surface area (Å²) in [5.74, 6) is 0. The van der Waals surface area contributed by atoms with Gasteiger partial charge in [0.05, 0.1) is 0 Å². The Labute approximate surface area is 62.8 Å². The number of likely N-dealkylation sites (tertiary alicyclic amines) is 1. The second kappa shape index (κ2) is 3.94. The molecule has 0 unspecified atom stereocenters. The first-order chi connectivity index (χ1) is 4.84. The van der Waals surface area contributed by atoms with Gasteiger partial charge in [-0.25, -0.2) is 0 Å². The Hall–Kier alpha value is -0.0800. The van der Waals surface area contributed by atoms with Crippen molar-refractivity contribution in [3.05, 3.63) is 0 Å². The highest BCUT2D eigenvalue weighted by Gasteiger charge is 2.16. The molecule has 0 aromatic carbocycles. The first-order valence-corrected chi connectivity index (χ1v) is 4.19. The molecule has 1 aliphatic heterocycles. The van der Waals surface area contributed by atoms with Gasteiger partial charge in [-0.05, 0) is 39.3 Å². The van der Waals surface area contributed by atoms with E-state index in [-0.39, 0.29) is 0 Å². The highest BCUT2D eigenvalue weighted by atomic mass is 16.3. The van der Waals surface area contributed by atoms with E-state index in [9.17, 15) is 0 Å². The molecule has 2 nitrogen and oxygen atoms in total. The minimum atomic E-state index is 0.331. The van der Waals surface area contributed by atoms with Crippen LogP contribution in [0.1, 0.15) is 26.2 Å². The van der Waals surface area contributed by atoms with Crippen molar-refractivity contribution in [3.8, 4) is 0 Å². The third-order valence-electron chi connectivity index (χ3n) is 2.31. The SMILES string of the molecule is C[C@H](CCO)N1CCCC1. The van der Waals surface area contributed by atoms with E-state index in [2.05, 4.69) is 11.8 Å². The van der Waals surface area contributed by atoms with Gasteiger partial charge in [0.1, 0.15) is 0 Å².